The maximum Gasteiger partial charge on any atom is 0.254 e. The van der Waals surface area contributed by atoms with Gasteiger partial charge in [0, 0.05) is 23.7 Å². The first-order valence-electron chi connectivity index (χ1n) is 7.45. The molecular weight excluding hydrogens is 314 g/mol. The summed E-state index contributed by atoms with van der Waals surface area (Å²) in [6.45, 7) is 1.78. The Morgan fingerprint density at radius 3 is 2.39 bits per heavy atom. The van der Waals surface area contributed by atoms with Crippen LogP contribution in [0, 0.1) is 0 Å². The van der Waals surface area contributed by atoms with Crippen LogP contribution in [0.1, 0.15) is 15.9 Å². The van der Waals surface area contributed by atoms with Crippen LogP contribution in [0.4, 0.5) is 0 Å². The number of hydrogen-bond acceptors (Lipinski definition) is 3. The minimum absolute atomic E-state index is 0.0268. The average Bonchev–Trinajstić information content (AvgIpc) is 2.55. The molecule has 1 aliphatic heterocycles. The fourth-order valence-electron chi connectivity index (χ4n) is 2.42. The van der Waals surface area contributed by atoms with E-state index < -0.39 is 0 Å². The third-order valence-corrected chi connectivity index (χ3v) is 4.12. The summed E-state index contributed by atoms with van der Waals surface area (Å²) in [4.78, 5) is 14.1. The zero-order chi connectivity index (χ0) is 16.2. The second-order valence-corrected chi connectivity index (χ2v) is 5.93. The number of nitrogens with zero attached hydrogens (tertiary/aromatic N) is 1. The second-order valence-electron chi connectivity index (χ2n) is 5.50. The molecular formula is C18H18ClNO3. The first-order chi connectivity index (χ1) is 11.2. The molecule has 1 amide bonds. The number of carbonyl (C=O) groups is 1. The van der Waals surface area contributed by atoms with Crippen molar-refractivity contribution in [3.05, 3.63) is 64.7 Å². The highest BCUT2D eigenvalue weighted by Crippen LogP contribution is 2.19. The zero-order valence-electron chi connectivity index (χ0n) is 12.9. The van der Waals surface area contributed by atoms with Gasteiger partial charge in [-0.25, -0.2) is 0 Å². The molecule has 0 radical (unpaired) electrons. The van der Waals surface area contributed by atoms with Crippen LogP contribution in [-0.4, -0.2) is 37.1 Å². The van der Waals surface area contributed by atoms with E-state index in [1.807, 2.05) is 24.3 Å². The van der Waals surface area contributed by atoms with Crippen LogP contribution in [0.5, 0.6) is 5.75 Å². The molecule has 1 saturated heterocycles. The van der Waals surface area contributed by atoms with Crippen LogP contribution in [0.2, 0.25) is 5.02 Å². The Morgan fingerprint density at radius 1 is 1.13 bits per heavy atom. The van der Waals surface area contributed by atoms with Crippen molar-refractivity contribution >= 4 is 17.5 Å². The van der Waals surface area contributed by atoms with Gasteiger partial charge in [-0.3, -0.25) is 4.79 Å². The molecule has 0 atom stereocenters. The Bertz CT molecular complexity index is 664. The Hall–Kier alpha value is -2.04. The van der Waals surface area contributed by atoms with E-state index in [4.69, 9.17) is 21.1 Å². The Morgan fingerprint density at radius 2 is 1.78 bits per heavy atom. The maximum absolute atomic E-state index is 12.3. The highest BCUT2D eigenvalue weighted by atomic mass is 35.5. The van der Waals surface area contributed by atoms with E-state index in [1.165, 1.54) is 0 Å². The average molecular weight is 332 g/mol. The highest BCUT2D eigenvalue weighted by Gasteiger charge is 2.31. The molecule has 0 bridgehead atoms. The molecule has 5 heteroatoms. The van der Waals surface area contributed by atoms with E-state index in [2.05, 4.69) is 0 Å². The summed E-state index contributed by atoms with van der Waals surface area (Å²) in [5, 5.41) is 0.716. The van der Waals surface area contributed by atoms with Gasteiger partial charge in [-0.05, 0) is 42.0 Å². The van der Waals surface area contributed by atoms with Crippen LogP contribution in [0.25, 0.3) is 0 Å². The molecule has 2 aromatic carbocycles. The number of halogens is 1. The number of benzene rings is 2. The van der Waals surface area contributed by atoms with E-state index >= 15 is 0 Å². The molecule has 120 valence electrons. The molecule has 2 aromatic rings. The fraction of sp³-hybridized carbons (Fsp3) is 0.278. The summed E-state index contributed by atoms with van der Waals surface area (Å²) in [5.41, 5.74) is 1.75. The molecule has 0 N–H and O–H groups in total. The van der Waals surface area contributed by atoms with Crippen molar-refractivity contribution in [1.82, 2.24) is 4.90 Å². The molecule has 1 fully saturated rings. The standard InChI is InChI=1S/C18H18ClNO3/c1-22-16-8-4-14(5-9-16)18(21)20-10-17(11-20)23-12-13-2-6-15(19)7-3-13/h2-9,17H,10-12H2,1H3. The van der Waals surface area contributed by atoms with Gasteiger partial charge in [-0.15, -0.1) is 0 Å². The van der Waals surface area contributed by atoms with Gasteiger partial charge in [-0.1, -0.05) is 23.7 Å². The minimum atomic E-state index is 0.0268. The lowest BCUT2D eigenvalue weighted by Crippen LogP contribution is -2.54. The predicted octanol–water partition coefficient (Wildman–Crippen LogP) is 3.39. The smallest absolute Gasteiger partial charge is 0.254 e. The molecule has 3 rings (SSSR count). The van der Waals surface area contributed by atoms with Crippen molar-refractivity contribution in [2.45, 2.75) is 12.7 Å². The quantitative estimate of drug-likeness (QED) is 0.843. The first-order valence-corrected chi connectivity index (χ1v) is 7.83. The Balaban J connectivity index is 1.46. The van der Waals surface area contributed by atoms with E-state index in [0.29, 0.717) is 30.3 Å². The van der Waals surface area contributed by atoms with E-state index in [0.717, 1.165) is 11.3 Å². The van der Waals surface area contributed by atoms with Crippen LogP contribution in [0.15, 0.2) is 48.5 Å². The number of likely N-dealkylation sites (tertiary alicyclic amines) is 1. The number of carbonyl (C=O) groups excluding carboxylic acids is 1. The normalized spacial score (nSPS) is 14.4. The topological polar surface area (TPSA) is 38.8 Å². The molecule has 23 heavy (non-hydrogen) atoms. The third-order valence-electron chi connectivity index (χ3n) is 3.87. The van der Waals surface area contributed by atoms with Gasteiger partial charge in [0.15, 0.2) is 0 Å². The van der Waals surface area contributed by atoms with Crippen molar-refractivity contribution in [3.63, 3.8) is 0 Å². The van der Waals surface area contributed by atoms with Gasteiger partial charge in [0.25, 0.3) is 5.91 Å². The molecule has 0 unspecified atom stereocenters. The van der Waals surface area contributed by atoms with Crippen LogP contribution < -0.4 is 4.74 Å². The number of methoxy groups -OCH3 is 1. The Labute approximate surface area is 140 Å². The minimum Gasteiger partial charge on any atom is -0.497 e. The van der Waals surface area contributed by atoms with E-state index in [1.54, 1.807) is 36.3 Å². The van der Waals surface area contributed by atoms with Gasteiger partial charge in [-0.2, -0.15) is 0 Å². The highest BCUT2D eigenvalue weighted by molar-refractivity contribution is 6.30. The maximum atomic E-state index is 12.3. The van der Waals surface area contributed by atoms with Gasteiger partial charge in [0.1, 0.15) is 5.75 Å². The summed E-state index contributed by atoms with van der Waals surface area (Å²) in [7, 11) is 1.61. The number of rotatable bonds is 5. The number of ether oxygens (including phenoxy) is 2. The summed E-state index contributed by atoms with van der Waals surface area (Å²) in [6.07, 6.45) is 0.0906. The van der Waals surface area contributed by atoms with Crippen molar-refractivity contribution in [3.8, 4) is 5.75 Å². The van der Waals surface area contributed by atoms with Crippen LogP contribution in [-0.2, 0) is 11.3 Å². The third kappa shape index (κ3) is 3.84. The predicted molar refractivity (Wildman–Crippen MR) is 88.9 cm³/mol. The summed E-state index contributed by atoms with van der Waals surface area (Å²) in [6, 6.07) is 14.7. The Kier molecular flexibility index (Phi) is 4.84. The molecule has 1 heterocycles. The molecule has 0 aromatic heterocycles. The largest absolute Gasteiger partial charge is 0.497 e. The van der Waals surface area contributed by atoms with Crippen LogP contribution >= 0.6 is 11.6 Å². The number of hydrogen-bond donors (Lipinski definition) is 0. The number of amides is 1. The summed E-state index contributed by atoms with van der Waals surface area (Å²) >= 11 is 5.85. The van der Waals surface area contributed by atoms with Gasteiger partial charge < -0.3 is 14.4 Å². The van der Waals surface area contributed by atoms with Crippen molar-refractivity contribution in [2.75, 3.05) is 20.2 Å². The molecule has 1 aliphatic rings. The SMILES string of the molecule is COc1ccc(C(=O)N2CC(OCc3ccc(Cl)cc3)C2)cc1. The van der Waals surface area contributed by atoms with Gasteiger partial charge in [0.05, 0.1) is 19.8 Å². The molecule has 0 aliphatic carbocycles. The van der Waals surface area contributed by atoms with Gasteiger partial charge >= 0.3 is 0 Å². The van der Waals surface area contributed by atoms with Crippen LogP contribution in [0.3, 0.4) is 0 Å². The molecule has 0 spiro atoms. The zero-order valence-corrected chi connectivity index (χ0v) is 13.6. The lowest BCUT2D eigenvalue weighted by molar-refractivity contribution is -0.0503. The monoisotopic (exact) mass is 331 g/mol. The van der Waals surface area contributed by atoms with E-state index in [9.17, 15) is 4.79 Å². The second kappa shape index (κ2) is 7.02. The van der Waals surface area contributed by atoms with E-state index in [-0.39, 0.29) is 12.0 Å². The van der Waals surface area contributed by atoms with Gasteiger partial charge in [0.2, 0.25) is 0 Å². The van der Waals surface area contributed by atoms with Crippen molar-refractivity contribution in [2.24, 2.45) is 0 Å². The van der Waals surface area contributed by atoms with Crippen molar-refractivity contribution < 1.29 is 14.3 Å². The first kappa shape index (κ1) is 15.8. The lowest BCUT2D eigenvalue weighted by Gasteiger charge is -2.39. The molecule has 0 saturated carbocycles. The summed E-state index contributed by atoms with van der Waals surface area (Å²) < 4.78 is 10.9. The molecule has 4 nitrogen and oxygen atoms in total. The summed E-state index contributed by atoms with van der Waals surface area (Å²) in [5.74, 6) is 0.772. The lowest BCUT2D eigenvalue weighted by atomic mass is 10.1. The fourth-order valence-corrected chi connectivity index (χ4v) is 2.55. The van der Waals surface area contributed by atoms with Crippen molar-refractivity contribution in [1.29, 1.82) is 0 Å².